The second kappa shape index (κ2) is 15.8. The molecule has 2 amide bonds. The highest BCUT2D eigenvalue weighted by Crippen LogP contribution is 2.28. The van der Waals surface area contributed by atoms with Gasteiger partial charge in [0, 0.05) is 29.0 Å². The van der Waals surface area contributed by atoms with Crippen molar-refractivity contribution in [2.75, 3.05) is 17.4 Å². The molecule has 4 aromatic rings. The first kappa shape index (κ1) is 35.2. The summed E-state index contributed by atoms with van der Waals surface area (Å²) in [6, 6.07) is 27.2. The van der Waals surface area contributed by atoms with E-state index in [1.54, 1.807) is 12.1 Å². The first-order valence-electron chi connectivity index (χ1n) is 15.1. The number of aryl methyl sites for hydroxylation is 2. The molecule has 4 rings (SSSR count). The van der Waals surface area contributed by atoms with Gasteiger partial charge >= 0.3 is 0 Å². The number of carbonyl (C=O) groups is 2. The number of carbonyl (C=O) groups excluding carboxylic acids is 2. The van der Waals surface area contributed by atoms with Crippen LogP contribution in [0.25, 0.3) is 0 Å². The average Bonchev–Trinajstić information content (AvgIpc) is 3.02. The number of rotatable bonds is 13. The number of sulfonamides is 1. The molecule has 0 bridgehead atoms. The maximum Gasteiger partial charge on any atom is 0.264 e. The molecular weight excluding hydrogens is 686 g/mol. The Balaban J connectivity index is 1.82. The number of halogens is 2. The van der Waals surface area contributed by atoms with Gasteiger partial charge in [-0.25, -0.2) is 8.42 Å². The van der Waals surface area contributed by atoms with Crippen molar-refractivity contribution in [3.63, 3.8) is 0 Å². The molecule has 0 saturated carbocycles. The van der Waals surface area contributed by atoms with E-state index >= 15 is 0 Å². The Morgan fingerprint density at radius 2 is 1.52 bits per heavy atom. The monoisotopic (exact) mass is 723 g/mol. The van der Waals surface area contributed by atoms with Crippen molar-refractivity contribution in [2.24, 2.45) is 5.92 Å². The largest absolute Gasteiger partial charge is 0.354 e. The predicted molar refractivity (Wildman–Crippen MR) is 188 cm³/mol. The standard InChI is InChI=1S/C36H39BrClN3O4S/c1-25(2)22-39-36(43)34(21-28-9-6-5-7-10-28)40(23-29-11-8-12-30(37)20-29)35(42)24-41(32-16-13-26(3)27(4)19-32)46(44,45)33-17-14-31(38)15-18-33/h5-20,25,34H,21-24H2,1-4H3,(H,39,43)/t34-/m1/s1. The molecule has 7 nitrogen and oxygen atoms in total. The Morgan fingerprint density at radius 3 is 2.15 bits per heavy atom. The van der Waals surface area contributed by atoms with Crippen molar-refractivity contribution in [1.29, 1.82) is 0 Å². The molecule has 0 spiro atoms. The molecule has 0 aromatic heterocycles. The van der Waals surface area contributed by atoms with Crippen LogP contribution in [0.5, 0.6) is 0 Å². The zero-order chi connectivity index (χ0) is 33.4. The normalized spacial score (nSPS) is 12.1. The number of nitrogens with one attached hydrogen (secondary N) is 1. The lowest BCUT2D eigenvalue weighted by Gasteiger charge is -2.34. The fourth-order valence-electron chi connectivity index (χ4n) is 4.95. The van der Waals surface area contributed by atoms with Crippen molar-refractivity contribution in [1.82, 2.24) is 10.2 Å². The van der Waals surface area contributed by atoms with Crippen molar-refractivity contribution in [3.8, 4) is 0 Å². The van der Waals surface area contributed by atoms with Crippen molar-refractivity contribution in [3.05, 3.63) is 129 Å². The van der Waals surface area contributed by atoms with E-state index in [2.05, 4.69) is 21.2 Å². The number of hydrogen-bond donors (Lipinski definition) is 1. The molecule has 0 fully saturated rings. The lowest BCUT2D eigenvalue weighted by Crippen LogP contribution is -2.53. The number of benzene rings is 4. The molecule has 1 N–H and O–H groups in total. The van der Waals surface area contributed by atoms with Crippen LogP contribution in [0, 0.1) is 19.8 Å². The van der Waals surface area contributed by atoms with Gasteiger partial charge in [0.1, 0.15) is 12.6 Å². The molecule has 1 atom stereocenters. The van der Waals surface area contributed by atoms with Gasteiger partial charge in [-0.15, -0.1) is 0 Å². The second-order valence-electron chi connectivity index (χ2n) is 11.7. The molecule has 46 heavy (non-hydrogen) atoms. The average molecular weight is 725 g/mol. The lowest BCUT2D eigenvalue weighted by atomic mass is 10.0. The van der Waals surface area contributed by atoms with Gasteiger partial charge in [-0.05, 0) is 90.6 Å². The SMILES string of the molecule is Cc1ccc(N(CC(=O)N(Cc2cccc(Br)c2)[C@H](Cc2ccccc2)C(=O)NCC(C)C)S(=O)(=O)c2ccc(Cl)cc2)cc1C. The molecule has 0 aliphatic heterocycles. The van der Waals surface area contributed by atoms with Crippen LogP contribution in [0.2, 0.25) is 5.02 Å². The molecular formula is C36H39BrClN3O4S. The molecule has 0 aliphatic carbocycles. The van der Waals surface area contributed by atoms with Crippen LogP contribution in [0.4, 0.5) is 5.69 Å². The van der Waals surface area contributed by atoms with Crippen LogP contribution in [0.1, 0.15) is 36.1 Å². The van der Waals surface area contributed by atoms with Gasteiger partial charge in [0.05, 0.1) is 10.6 Å². The molecule has 4 aromatic carbocycles. The minimum Gasteiger partial charge on any atom is -0.354 e. The lowest BCUT2D eigenvalue weighted by molar-refractivity contribution is -0.140. The van der Waals surface area contributed by atoms with E-state index in [1.165, 1.54) is 29.2 Å². The van der Waals surface area contributed by atoms with Crippen LogP contribution in [0.15, 0.2) is 106 Å². The van der Waals surface area contributed by atoms with E-state index in [-0.39, 0.29) is 29.7 Å². The van der Waals surface area contributed by atoms with E-state index in [4.69, 9.17) is 11.6 Å². The summed E-state index contributed by atoms with van der Waals surface area (Å²) in [7, 11) is -4.22. The highest BCUT2D eigenvalue weighted by molar-refractivity contribution is 9.10. The summed E-state index contributed by atoms with van der Waals surface area (Å²) in [5.41, 5.74) is 3.87. The molecule has 0 radical (unpaired) electrons. The zero-order valence-electron chi connectivity index (χ0n) is 26.4. The van der Waals surface area contributed by atoms with Gasteiger partial charge in [0.25, 0.3) is 10.0 Å². The summed E-state index contributed by atoms with van der Waals surface area (Å²) < 4.78 is 30.3. The van der Waals surface area contributed by atoms with Crippen molar-refractivity contribution in [2.45, 2.75) is 51.6 Å². The van der Waals surface area contributed by atoms with E-state index in [0.29, 0.717) is 17.3 Å². The third-order valence-corrected chi connectivity index (χ3v) is 10.2. The Labute approximate surface area is 285 Å². The van der Waals surface area contributed by atoms with Gasteiger partial charge in [-0.2, -0.15) is 0 Å². The highest BCUT2D eigenvalue weighted by Gasteiger charge is 2.34. The molecule has 0 heterocycles. The second-order valence-corrected chi connectivity index (χ2v) is 14.9. The number of anilines is 1. The van der Waals surface area contributed by atoms with Crippen LogP contribution >= 0.6 is 27.5 Å². The highest BCUT2D eigenvalue weighted by atomic mass is 79.9. The van der Waals surface area contributed by atoms with Gasteiger partial charge < -0.3 is 10.2 Å². The summed E-state index contributed by atoms with van der Waals surface area (Å²) in [4.78, 5) is 30.0. The number of nitrogens with zero attached hydrogens (tertiary/aromatic N) is 2. The van der Waals surface area contributed by atoms with Crippen LogP contribution in [-0.2, 0) is 32.6 Å². The molecule has 0 saturated heterocycles. The molecule has 242 valence electrons. The summed E-state index contributed by atoms with van der Waals surface area (Å²) in [5.74, 6) is -0.629. The smallest absolute Gasteiger partial charge is 0.264 e. The van der Waals surface area contributed by atoms with Gasteiger partial charge in [-0.3, -0.25) is 13.9 Å². The van der Waals surface area contributed by atoms with Gasteiger partial charge in [0.2, 0.25) is 11.8 Å². The maximum absolute atomic E-state index is 14.6. The number of amides is 2. The van der Waals surface area contributed by atoms with Gasteiger partial charge in [-0.1, -0.05) is 89.9 Å². The Bertz CT molecular complexity index is 1770. The summed E-state index contributed by atoms with van der Waals surface area (Å²) in [6.07, 6.45) is 0.248. The Hall–Kier alpha value is -3.66. The number of hydrogen-bond acceptors (Lipinski definition) is 4. The van der Waals surface area contributed by atoms with E-state index in [9.17, 15) is 18.0 Å². The van der Waals surface area contributed by atoms with E-state index in [0.717, 1.165) is 31.0 Å². The fraction of sp³-hybridized carbons (Fsp3) is 0.278. The first-order chi connectivity index (χ1) is 21.8. The van der Waals surface area contributed by atoms with E-state index in [1.807, 2.05) is 88.4 Å². The summed E-state index contributed by atoms with van der Waals surface area (Å²) in [5, 5.41) is 3.40. The van der Waals surface area contributed by atoms with Crippen LogP contribution in [0.3, 0.4) is 0 Å². The molecule has 10 heteroatoms. The first-order valence-corrected chi connectivity index (χ1v) is 17.7. The predicted octanol–water partition coefficient (Wildman–Crippen LogP) is 7.33. The minimum absolute atomic E-state index is 0.00280. The van der Waals surface area contributed by atoms with E-state index < -0.39 is 28.5 Å². The quantitative estimate of drug-likeness (QED) is 0.157. The Kier molecular flexibility index (Phi) is 12.1. The summed E-state index contributed by atoms with van der Waals surface area (Å²) in [6.45, 7) is 7.83. The van der Waals surface area contributed by atoms with Crippen LogP contribution in [-0.4, -0.2) is 44.3 Å². The Morgan fingerprint density at radius 1 is 0.848 bits per heavy atom. The van der Waals surface area contributed by atoms with Gasteiger partial charge in [0.15, 0.2) is 0 Å². The topological polar surface area (TPSA) is 86.8 Å². The maximum atomic E-state index is 14.6. The third kappa shape index (κ3) is 9.21. The third-order valence-electron chi connectivity index (χ3n) is 7.66. The summed E-state index contributed by atoms with van der Waals surface area (Å²) >= 11 is 9.59. The molecule has 0 unspecified atom stereocenters. The van der Waals surface area contributed by atoms with Crippen LogP contribution < -0.4 is 9.62 Å². The van der Waals surface area contributed by atoms with Crippen molar-refractivity contribution >= 4 is 55.1 Å². The minimum atomic E-state index is -4.22. The molecule has 0 aliphatic rings. The fourth-order valence-corrected chi connectivity index (χ4v) is 6.93. The zero-order valence-corrected chi connectivity index (χ0v) is 29.6. The van der Waals surface area contributed by atoms with Crippen molar-refractivity contribution < 1.29 is 18.0 Å².